The van der Waals surface area contributed by atoms with Crippen LogP contribution in [-0.2, 0) is 16.0 Å². The number of rotatable bonds is 4. The molecule has 1 aromatic carbocycles. The Kier molecular flexibility index (Phi) is 5.31. The molecule has 1 aliphatic rings. The second-order valence-corrected chi connectivity index (χ2v) is 5.47. The summed E-state index contributed by atoms with van der Waals surface area (Å²) in [4.78, 5) is 24.9. The van der Waals surface area contributed by atoms with Gasteiger partial charge in [-0.25, -0.2) is 4.39 Å². The van der Waals surface area contributed by atoms with Crippen LogP contribution in [0.25, 0.3) is 0 Å². The zero-order valence-electron chi connectivity index (χ0n) is 12.3. The molecule has 21 heavy (non-hydrogen) atoms. The number of likely N-dealkylation sites (tertiary alicyclic amines) is 1. The summed E-state index contributed by atoms with van der Waals surface area (Å²) in [6.45, 7) is 2.98. The van der Waals surface area contributed by atoms with Crippen molar-refractivity contribution in [1.82, 2.24) is 10.2 Å². The number of hydrogen-bond donors (Lipinski definition) is 1. The van der Waals surface area contributed by atoms with Crippen LogP contribution in [0.2, 0.25) is 0 Å². The highest BCUT2D eigenvalue weighted by atomic mass is 19.1. The highest BCUT2D eigenvalue weighted by Gasteiger charge is 2.21. The third-order valence-electron chi connectivity index (χ3n) is 3.86. The van der Waals surface area contributed by atoms with Crippen LogP contribution in [-0.4, -0.2) is 35.8 Å². The lowest BCUT2D eigenvalue weighted by molar-refractivity contribution is -0.130. The second-order valence-electron chi connectivity index (χ2n) is 5.47. The highest BCUT2D eigenvalue weighted by molar-refractivity contribution is 5.76. The van der Waals surface area contributed by atoms with Crippen molar-refractivity contribution >= 4 is 11.8 Å². The zero-order chi connectivity index (χ0) is 15.2. The molecule has 0 bridgehead atoms. The van der Waals surface area contributed by atoms with Gasteiger partial charge in [0.25, 0.3) is 0 Å². The van der Waals surface area contributed by atoms with E-state index in [4.69, 9.17) is 0 Å². The quantitative estimate of drug-likeness (QED) is 0.921. The third-order valence-corrected chi connectivity index (χ3v) is 3.86. The Morgan fingerprint density at radius 1 is 1.24 bits per heavy atom. The molecule has 0 unspecified atom stereocenters. The van der Waals surface area contributed by atoms with E-state index in [1.807, 2.05) is 0 Å². The molecule has 0 spiro atoms. The first-order valence-corrected chi connectivity index (χ1v) is 7.34. The van der Waals surface area contributed by atoms with Gasteiger partial charge in [0.1, 0.15) is 5.82 Å². The number of carbonyl (C=O) groups excluding carboxylic acids is 2. The predicted molar refractivity (Wildman–Crippen MR) is 78.1 cm³/mol. The van der Waals surface area contributed by atoms with Gasteiger partial charge in [-0.1, -0.05) is 12.1 Å². The van der Waals surface area contributed by atoms with Crippen molar-refractivity contribution in [1.29, 1.82) is 0 Å². The maximum absolute atomic E-state index is 12.8. The Labute approximate surface area is 124 Å². The van der Waals surface area contributed by atoms with Crippen molar-refractivity contribution in [2.75, 3.05) is 13.1 Å². The summed E-state index contributed by atoms with van der Waals surface area (Å²) in [6.07, 6.45) is 2.63. The largest absolute Gasteiger partial charge is 0.353 e. The minimum absolute atomic E-state index is 0.0144. The second kappa shape index (κ2) is 7.20. The van der Waals surface area contributed by atoms with Crippen LogP contribution in [0.3, 0.4) is 0 Å². The third kappa shape index (κ3) is 4.85. The molecule has 5 heteroatoms. The van der Waals surface area contributed by atoms with E-state index in [2.05, 4.69) is 5.32 Å². The molecule has 1 aliphatic heterocycles. The smallest absolute Gasteiger partial charge is 0.220 e. The number of amides is 2. The van der Waals surface area contributed by atoms with Gasteiger partial charge < -0.3 is 10.2 Å². The Bertz CT molecular complexity index is 494. The van der Waals surface area contributed by atoms with Crippen molar-refractivity contribution in [2.24, 2.45) is 0 Å². The van der Waals surface area contributed by atoms with Gasteiger partial charge in [0.15, 0.2) is 0 Å². The Hall–Kier alpha value is -1.91. The van der Waals surface area contributed by atoms with Crippen LogP contribution in [0.15, 0.2) is 24.3 Å². The molecule has 2 rings (SSSR count). The minimum Gasteiger partial charge on any atom is -0.353 e. The normalized spacial score (nSPS) is 15.8. The van der Waals surface area contributed by atoms with Gasteiger partial charge in [0.2, 0.25) is 11.8 Å². The Morgan fingerprint density at radius 3 is 2.43 bits per heavy atom. The Morgan fingerprint density at radius 2 is 1.86 bits per heavy atom. The van der Waals surface area contributed by atoms with Crippen LogP contribution in [0.5, 0.6) is 0 Å². The first-order chi connectivity index (χ1) is 10.0. The van der Waals surface area contributed by atoms with E-state index >= 15 is 0 Å². The van der Waals surface area contributed by atoms with Crippen molar-refractivity contribution < 1.29 is 14.0 Å². The summed E-state index contributed by atoms with van der Waals surface area (Å²) in [6, 6.07) is 6.37. The van der Waals surface area contributed by atoms with Crippen molar-refractivity contribution in [3.63, 3.8) is 0 Å². The predicted octanol–water partition coefficient (Wildman–Crippen LogP) is 1.89. The summed E-state index contributed by atoms with van der Waals surface area (Å²) >= 11 is 0. The number of benzene rings is 1. The average molecular weight is 292 g/mol. The molecule has 0 aliphatic carbocycles. The zero-order valence-corrected chi connectivity index (χ0v) is 12.3. The van der Waals surface area contributed by atoms with E-state index in [9.17, 15) is 14.0 Å². The first kappa shape index (κ1) is 15.5. The lowest BCUT2D eigenvalue weighted by Gasteiger charge is -2.31. The van der Waals surface area contributed by atoms with E-state index in [0.717, 1.165) is 18.4 Å². The van der Waals surface area contributed by atoms with Crippen LogP contribution in [0, 0.1) is 5.82 Å². The fourth-order valence-electron chi connectivity index (χ4n) is 2.55. The van der Waals surface area contributed by atoms with Gasteiger partial charge in [-0.2, -0.15) is 0 Å². The summed E-state index contributed by atoms with van der Waals surface area (Å²) in [5.41, 5.74) is 0.956. The number of carbonyl (C=O) groups is 2. The molecular formula is C16H21FN2O2. The fourth-order valence-corrected chi connectivity index (χ4v) is 2.55. The molecule has 1 aromatic rings. The molecule has 0 radical (unpaired) electrons. The fraction of sp³-hybridized carbons (Fsp3) is 0.500. The molecule has 1 heterocycles. The van der Waals surface area contributed by atoms with Gasteiger partial charge in [-0.05, 0) is 37.0 Å². The topological polar surface area (TPSA) is 49.4 Å². The van der Waals surface area contributed by atoms with Crippen molar-refractivity contribution in [2.45, 2.75) is 38.6 Å². The number of aryl methyl sites for hydroxylation is 1. The average Bonchev–Trinajstić information content (AvgIpc) is 2.47. The van der Waals surface area contributed by atoms with E-state index in [1.54, 1.807) is 24.0 Å². The van der Waals surface area contributed by atoms with Crippen LogP contribution >= 0.6 is 0 Å². The lowest BCUT2D eigenvalue weighted by atomic mass is 10.0. The number of nitrogens with one attached hydrogen (secondary N) is 1. The summed E-state index contributed by atoms with van der Waals surface area (Å²) in [5.74, 6) is -0.155. The van der Waals surface area contributed by atoms with Crippen molar-refractivity contribution in [3.05, 3.63) is 35.6 Å². The summed E-state index contributed by atoms with van der Waals surface area (Å²) in [7, 11) is 0. The lowest BCUT2D eigenvalue weighted by Crippen LogP contribution is -2.46. The summed E-state index contributed by atoms with van der Waals surface area (Å²) in [5, 5.41) is 3.01. The standard InChI is InChI=1S/C16H21FN2O2/c1-12(20)19-10-8-15(9-11-19)18-16(21)7-4-13-2-5-14(17)6-3-13/h2-3,5-6,15H,4,7-11H2,1H3,(H,18,21). The van der Waals surface area contributed by atoms with Crippen LogP contribution < -0.4 is 5.32 Å². The molecular weight excluding hydrogens is 271 g/mol. The molecule has 1 saturated heterocycles. The number of halogens is 1. The monoisotopic (exact) mass is 292 g/mol. The van der Waals surface area contributed by atoms with Crippen LogP contribution in [0.4, 0.5) is 4.39 Å². The van der Waals surface area contributed by atoms with Gasteiger partial charge in [0, 0.05) is 32.5 Å². The number of nitrogens with zero attached hydrogens (tertiary/aromatic N) is 1. The molecule has 0 atom stereocenters. The van der Waals surface area contributed by atoms with E-state index in [0.29, 0.717) is 25.9 Å². The van der Waals surface area contributed by atoms with E-state index in [1.165, 1.54) is 12.1 Å². The van der Waals surface area contributed by atoms with E-state index < -0.39 is 0 Å². The minimum atomic E-state index is -0.263. The molecule has 0 saturated carbocycles. The van der Waals surface area contributed by atoms with Gasteiger partial charge in [-0.3, -0.25) is 9.59 Å². The molecule has 1 N–H and O–H groups in total. The molecule has 114 valence electrons. The number of piperidine rings is 1. The van der Waals surface area contributed by atoms with Crippen LogP contribution in [0.1, 0.15) is 31.7 Å². The highest BCUT2D eigenvalue weighted by Crippen LogP contribution is 2.11. The summed E-state index contributed by atoms with van der Waals surface area (Å²) < 4.78 is 12.8. The Balaban J connectivity index is 1.70. The molecule has 4 nitrogen and oxygen atoms in total. The molecule has 1 fully saturated rings. The molecule has 2 amide bonds. The number of hydrogen-bond acceptors (Lipinski definition) is 2. The SMILES string of the molecule is CC(=O)N1CCC(NC(=O)CCc2ccc(F)cc2)CC1. The van der Waals surface area contributed by atoms with E-state index in [-0.39, 0.29) is 23.7 Å². The molecule has 0 aromatic heterocycles. The van der Waals surface area contributed by atoms with Gasteiger partial charge >= 0.3 is 0 Å². The van der Waals surface area contributed by atoms with Gasteiger partial charge in [-0.15, -0.1) is 0 Å². The van der Waals surface area contributed by atoms with Crippen molar-refractivity contribution in [3.8, 4) is 0 Å². The maximum Gasteiger partial charge on any atom is 0.220 e. The van der Waals surface area contributed by atoms with Gasteiger partial charge in [0.05, 0.1) is 0 Å². The maximum atomic E-state index is 12.8. The first-order valence-electron chi connectivity index (χ1n) is 7.34.